The minimum atomic E-state index is -0.716. The van der Waals surface area contributed by atoms with Crippen molar-refractivity contribution in [1.82, 2.24) is 0 Å². The third-order valence-corrected chi connectivity index (χ3v) is 29.1. The second-order valence-corrected chi connectivity index (χ2v) is 34.2. The molecule has 15 rings (SSSR count). The summed E-state index contributed by atoms with van der Waals surface area (Å²) < 4.78 is 4.64. The van der Waals surface area contributed by atoms with Crippen molar-refractivity contribution >= 4 is 144 Å². The summed E-state index contributed by atoms with van der Waals surface area (Å²) in [6, 6.07) is 47.9. The highest BCUT2D eigenvalue weighted by atomic mass is 32.1. The summed E-state index contributed by atoms with van der Waals surface area (Å²) in [6.45, 7) is 25.2. The van der Waals surface area contributed by atoms with Crippen LogP contribution in [0.2, 0.25) is 0 Å². The number of ketones is 2. The lowest BCUT2D eigenvalue weighted by Gasteiger charge is -2.32. The first-order chi connectivity index (χ1) is 46.5. The van der Waals surface area contributed by atoms with Crippen molar-refractivity contribution in [2.24, 2.45) is 0 Å². The molecule has 0 radical (unpaired) electrons. The second kappa shape index (κ2) is 25.9. The molecule has 3 aromatic carbocycles. The molecule has 1 atom stereocenters. The van der Waals surface area contributed by atoms with E-state index in [1.54, 1.807) is 34.8 Å². The maximum Gasteiger partial charge on any atom is 0.270 e. The molecule has 4 aliphatic rings. The van der Waals surface area contributed by atoms with E-state index in [-0.39, 0.29) is 23.0 Å². The van der Waals surface area contributed by atoms with Crippen molar-refractivity contribution in [2.45, 2.75) is 135 Å². The van der Waals surface area contributed by atoms with E-state index in [2.05, 4.69) is 122 Å². The van der Waals surface area contributed by atoms with Gasteiger partial charge in [0.05, 0.1) is 45.5 Å². The Hall–Kier alpha value is -7.96. The molecule has 95 heavy (non-hydrogen) atoms. The van der Waals surface area contributed by atoms with Gasteiger partial charge < -0.3 is 0 Å². The van der Waals surface area contributed by atoms with Gasteiger partial charge in [0.2, 0.25) is 0 Å². The maximum atomic E-state index is 14.5. The van der Waals surface area contributed by atoms with E-state index in [0.29, 0.717) is 44.5 Å². The molecule has 0 amide bonds. The van der Waals surface area contributed by atoms with Crippen molar-refractivity contribution in [3.8, 4) is 33.0 Å². The van der Waals surface area contributed by atoms with Gasteiger partial charge in [-0.1, -0.05) is 127 Å². The number of aryl methyl sites for hydroxylation is 4. The number of carbonyl (C=O) groups excluding carboxylic acids is 2. The number of nitriles is 2. The van der Waals surface area contributed by atoms with Crippen LogP contribution in [0.25, 0.3) is 72.7 Å². The highest BCUT2D eigenvalue weighted by Crippen LogP contribution is 2.70. The highest BCUT2D eigenvalue weighted by molar-refractivity contribution is 7.31. The average molecular weight is 1380 g/mol. The van der Waals surface area contributed by atoms with Crippen molar-refractivity contribution in [3.05, 3.63) is 260 Å². The van der Waals surface area contributed by atoms with Gasteiger partial charge in [-0.05, 0) is 164 Å². The summed E-state index contributed by atoms with van der Waals surface area (Å²) in [5.41, 5.74) is 9.86. The molecule has 14 heteroatoms. The number of Topliss-reactive ketones (excluding diaryl/α,β-unsaturated/α-hetero) is 2. The van der Waals surface area contributed by atoms with Crippen molar-refractivity contribution in [3.63, 3.8) is 0 Å². The molecule has 8 heterocycles. The van der Waals surface area contributed by atoms with Crippen LogP contribution in [0.1, 0.15) is 201 Å². The first-order valence-electron chi connectivity index (χ1n) is 33.0. The summed E-state index contributed by atoms with van der Waals surface area (Å²) >= 11 is 14.9. The van der Waals surface area contributed by atoms with E-state index in [4.69, 9.17) is 13.1 Å². The monoisotopic (exact) mass is 1380 g/mol. The van der Waals surface area contributed by atoms with Gasteiger partial charge in [0.1, 0.15) is 0 Å². The Kier molecular flexibility index (Phi) is 17.2. The Morgan fingerprint density at radius 1 is 0.453 bits per heavy atom. The van der Waals surface area contributed by atoms with E-state index in [0.717, 1.165) is 57.7 Å². The molecule has 0 saturated heterocycles. The molecule has 0 aliphatic heterocycles. The molecule has 468 valence electrons. The Balaban J connectivity index is 1.00. The topological polar surface area (TPSA) is 90.4 Å². The highest BCUT2D eigenvalue weighted by Gasteiger charge is 2.56. The number of fused-ring (bicyclic) bond motifs is 12. The first-order valence-corrected chi connectivity index (χ1v) is 39.5. The standard InChI is InChI=1S/C81H64N4O2S8/c1-7-10-13-16-23-47-31-35-67(89-47)80(66-34-30-46(4)88-66)60-42-57-61(43-56(60)76-72(80)78-64(94-76)40-50(92-78)38-58-70(62(44-82)84-5)52-26-19-21-28-54(52)74(58)86)81(68-36-32-48(90-68)24-17-14-11-8-2,69-37-33-49(91-69)25-18-15-12-9-3)73-77(57)95-65-41-51(93-79(65)73)39-59-71(63(45-83)85-6)53-27-20-22-29-55(53)75(59)87/h19-22,26-43H,7-18,23-25H2,1-4H3/b58-38-,59-39-,70-62+,71-63-. The second-order valence-electron chi connectivity index (χ2n) is 25.1. The number of hydrogen-bond donors (Lipinski definition) is 0. The molecular formula is C81H64N4O2S8. The molecule has 0 N–H and O–H groups in total. The Morgan fingerprint density at radius 3 is 1.19 bits per heavy atom. The number of hydrogen-bond acceptors (Lipinski definition) is 12. The number of carbonyl (C=O) groups is 2. The minimum absolute atomic E-state index is 0.0836. The minimum Gasteiger partial charge on any atom is -0.289 e. The zero-order chi connectivity index (χ0) is 65.3. The van der Waals surface area contributed by atoms with Gasteiger partial charge in [-0.3, -0.25) is 9.59 Å². The molecule has 8 aromatic heterocycles. The van der Waals surface area contributed by atoms with Crippen LogP contribution in [0.5, 0.6) is 0 Å². The summed E-state index contributed by atoms with van der Waals surface area (Å²) in [5.74, 6) is -0.350. The molecule has 0 fully saturated rings. The fourth-order valence-corrected chi connectivity index (χ4v) is 25.6. The van der Waals surface area contributed by atoms with Gasteiger partial charge in [-0.25, -0.2) is 20.2 Å². The van der Waals surface area contributed by atoms with E-state index < -0.39 is 10.8 Å². The average Bonchev–Trinajstić information content (AvgIpc) is 1.49. The Bertz CT molecular complexity index is 5220. The van der Waals surface area contributed by atoms with Gasteiger partial charge >= 0.3 is 0 Å². The molecule has 0 saturated carbocycles. The number of unbranched alkanes of at least 4 members (excludes halogenated alkanes) is 9. The van der Waals surface area contributed by atoms with E-state index in [9.17, 15) is 20.1 Å². The summed E-state index contributed by atoms with van der Waals surface area (Å²) in [6.07, 6.45) is 21.1. The molecule has 6 nitrogen and oxygen atoms in total. The predicted molar refractivity (Wildman–Crippen MR) is 403 cm³/mol. The van der Waals surface area contributed by atoms with E-state index in [1.807, 2.05) is 117 Å². The fourth-order valence-electron chi connectivity index (χ4n) is 15.1. The lowest BCUT2D eigenvalue weighted by Crippen LogP contribution is -2.27. The number of benzene rings is 3. The van der Waals surface area contributed by atoms with Gasteiger partial charge in [0, 0.05) is 112 Å². The van der Waals surface area contributed by atoms with Gasteiger partial charge in [0.15, 0.2) is 11.6 Å². The maximum absolute atomic E-state index is 14.5. The quantitative estimate of drug-likeness (QED) is 0.0310. The van der Waals surface area contributed by atoms with Crippen LogP contribution in [0, 0.1) is 42.7 Å². The zero-order valence-electron chi connectivity index (χ0n) is 53.2. The van der Waals surface area contributed by atoms with Crippen LogP contribution in [-0.4, -0.2) is 11.6 Å². The SMILES string of the molecule is [C-]#[N+]/C(C#N)=C1\C(=C\c2cc3sc4c(c3s2)C(c2ccc(CCCCCC)s2)(c2ccc(CCCCCC)s2)c2cc3c(cc2-4)C(c2ccc(C)s2)(c2ccc(CCCCCC)s2)c2c-3sc3cc(/C=C4\C(=O)c5ccccc5\C4=C(\C#N)[N+]#[C-])sc23)C(=O)c2ccccc21. The normalized spacial score (nSPS) is 17.5. The van der Waals surface area contributed by atoms with Crippen LogP contribution in [-0.2, 0) is 30.1 Å². The van der Waals surface area contributed by atoms with Crippen LogP contribution in [0.4, 0.5) is 0 Å². The Labute approximate surface area is 587 Å². The lowest BCUT2D eigenvalue weighted by atomic mass is 9.73. The molecule has 0 spiro atoms. The molecule has 1 unspecified atom stereocenters. The first kappa shape index (κ1) is 63.1. The number of allylic oxidation sites excluding steroid dienone is 6. The largest absolute Gasteiger partial charge is 0.289 e. The predicted octanol–water partition coefficient (Wildman–Crippen LogP) is 24.8. The smallest absolute Gasteiger partial charge is 0.270 e. The van der Waals surface area contributed by atoms with E-state index >= 15 is 0 Å². The third-order valence-electron chi connectivity index (χ3n) is 19.4. The fraction of sp³-hybridized carbons (Fsp3) is 0.259. The van der Waals surface area contributed by atoms with Crippen molar-refractivity contribution in [1.29, 1.82) is 10.5 Å². The number of nitrogens with zero attached hydrogens (tertiary/aromatic N) is 4. The molecule has 4 aliphatic carbocycles. The van der Waals surface area contributed by atoms with Gasteiger partial charge in [-0.2, -0.15) is 0 Å². The van der Waals surface area contributed by atoms with Gasteiger partial charge in [-0.15, -0.1) is 90.7 Å². The van der Waals surface area contributed by atoms with Crippen molar-refractivity contribution in [2.75, 3.05) is 0 Å². The zero-order valence-corrected chi connectivity index (χ0v) is 59.7. The van der Waals surface area contributed by atoms with Crippen LogP contribution in [0.3, 0.4) is 0 Å². The van der Waals surface area contributed by atoms with Crippen molar-refractivity contribution < 1.29 is 9.59 Å². The summed E-state index contributed by atoms with van der Waals surface area (Å²) in [7, 11) is 0. The molecule has 0 bridgehead atoms. The van der Waals surface area contributed by atoms with Crippen LogP contribution < -0.4 is 0 Å². The van der Waals surface area contributed by atoms with Crippen LogP contribution in [0.15, 0.2) is 144 Å². The molecule has 11 aromatic rings. The lowest BCUT2D eigenvalue weighted by molar-refractivity contribution is 0.103. The number of thiophene rings is 8. The molecular weight excluding hydrogens is 1320 g/mol. The van der Waals surface area contributed by atoms with Gasteiger partial charge in [0.25, 0.3) is 11.4 Å². The summed E-state index contributed by atoms with van der Waals surface area (Å²) in [4.78, 5) is 51.3. The Morgan fingerprint density at radius 2 is 0.832 bits per heavy atom. The third kappa shape index (κ3) is 10.2. The number of rotatable bonds is 21. The summed E-state index contributed by atoms with van der Waals surface area (Å²) in [5, 5.41) is 20.7. The van der Waals surface area contributed by atoms with Crippen LogP contribution >= 0.6 is 90.7 Å². The van der Waals surface area contributed by atoms with E-state index in [1.165, 1.54) is 149 Å².